The van der Waals surface area contributed by atoms with E-state index in [1.54, 1.807) is 0 Å². The average Bonchev–Trinajstić information content (AvgIpc) is 4.06. The molecule has 13 aromatic rings. The zero-order valence-corrected chi connectivity index (χ0v) is 34.5. The number of hydrogen-bond donors (Lipinski definition) is 0. The normalized spacial score (nSPS) is 11.8. The van der Waals surface area contributed by atoms with Crippen LogP contribution in [-0.2, 0) is 0 Å². The second kappa shape index (κ2) is 14.5. The van der Waals surface area contributed by atoms with Crippen molar-refractivity contribution in [2.75, 3.05) is 4.90 Å². The highest BCUT2D eigenvalue weighted by Gasteiger charge is 2.22. The Morgan fingerprint density at radius 1 is 0.266 bits per heavy atom. The summed E-state index contributed by atoms with van der Waals surface area (Å²) in [5.74, 6) is 0. The molecule has 0 aliphatic rings. The van der Waals surface area contributed by atoms with E-state index in [1.165, 1.54) is 0 Å². The first kappa shape index (κ1) is 36.1. The minimum atomic E-state index is 0.826. The van der Waals surface area contributed by atoms with Crippen LogP contribution in [0.3, 0.4) is 0 Å². The summed E-state index contributed by atoms with van der Waals surface area (Å²) >= 11 is 0. The van der Waals surface area contributed by atoms with Gasteiger partial charge in [-0.3, -0.25) is 0 Å². The van der Waals surface area contributed by atoms with E-state index in [-0.39, 0.29) is 0 Å². The summed E-state index contributed by atoms with van der Waals surface area (Å²) in [5, 5.41) is 6.48. The summed E-state index contributed by atoms with van der Waals surface area (Å²) < 4.78 is 19.8. The van der Waals surface area contributed by atoms with E-state index in [2.05, 4.69) is 211 Å². The van der Waals surface area contributed by atoms with Crippen LogP contribution in [0.4, 0.5) is 17.1 Å². The molecule has 0 atom stereocenters. The molecule has 10 aromatic carbocycles. The molecule has 0 bridgehead atoms. The van der Waals surface area contributed by atoms with Gasteiger partial charge in [-0.1, -0.05) is 146 Å². The van der Waals surface area contributed by atoms with Gasteiger partial charge in [0.25, 0.3) is 0 Å². The molecule has 0 aliphatic carbocycles. The van der Waals surface area contributed by atoms with Crippen molar-refractivity contribution < 1.29 is 13.3 Å². The molecule has 0 amide bonds. The summed E-state index contributed by atoms with van der Waals surface area (Å²) in [4.78, 5) is 2.33. The van der Waals surface area contributed by atoms with Crippen molar-refractivity contribution in [3.05, 3.63) is 224 Å². The standard InChI is InChI=1S/C60H37NO3/c1-4-15-38(16-5-1)42-33-43(39-17-6-2-7-18-39)35-45(34-42)61(44-19-8-3-9-20-44)52-25-12-24-49-46-31-29-41(37-57(46)64-60(49)52)40-30-32-54-51(36-40)59-48(23-14-28-56(59)63-54)47-22-13-27-55-58(47)50-21-10-11-26-53(50)62-55/h1-37H. The van der Waals surface area contributed by atoms with Crippen molar-refractivity contribution in [1.82, 2.24) is 0 Å². The highest BCUT2D eigenvalue weighted by molar-refractivity contribution is 6.20. The topological polar surface area (TPSA) is 42.7 Å². The highest BCUT2D eigenvalue weighted by Crippen LogP contribution is 2.46. The molecule has 300 valence electrons. The molecule has 0 saturated carbocycles. The second-order valence-corrected chi connectivity index (χ2v) is 16.4. The third-order valence-corrected chi connectivity index (χ3v) is 12.6. The molecule has 0 fully saturated rings. The Labute approximate surface area is 368 Å². The third-order valence-electron chi connectivity index (χ3n) is 12.6. The van der Waals surface area contributed by atoms with E-state index in [9.17, 15) is 0 Å². The summed E-state index contributed by atoms with van der Waals surface area (Å²) in [7, 11) is 0. The molecule has 13 rings (SSSR count). The number of rotatable bonds is 7. The van der Waals surface area contributed by atoms with Crippen molar-refractivity contribution in [1.29, 1.82) is 0 Å². The van der Waals surface area contributed by atoms with Crippen LogP contribution >= 0.6 is 0 Å². The van der Waals surface area contributed by atoms with Gasteiger partial charge in [0.15, 0.2) is 5.58 Å². The Bertz CT molecular complexity index is 3840. The van der Waals surface area contributed by atoms with Crippen LogP contribution in [0.1, 0.15) is 0 Å². The minimum absolute atomic E-state index is 0.826. The van der Waals surface area contributed by atoms with Crippen LogP contribution in [0.15, 0.2) is 238 Å². The van der Waals surface area contributed by atoms with E-state index in [1.807, 2.05) is 18.2 Å². The van der Waals surface area contributed by atoms with Crippen LogP contribution in [0.25, 0.3) is 110 Å². The van der Waals surface area contributed by atoms with Crippen LogP contribution in [0, 0.1) is 0 Å². The molecule has 0 saturated heterocycles. The Balaban J connectivity index is 0.963. The number of hydrogen-bond acceptors (Lipinski definition) is 4. The van der Waals surface area contributed by atoms with Crippen molar-refractivity contribution >= 4 is 82.9 Å². The molecule has 0 unspecified atom stereocenters. The monoisotopic (exact) mass is 819 g/mol. The number of anilines is 3. The molecule has 3 heterocycles. The first-order chi connectivity index (χ1) is 31.7. The van der Waals surface area contributed by atoms with Gasteiger partial charge in [-0.05, 0) is 123 Å². The fraction of sp³-hybridized carbons (Fsp3) is 0. The van der Waals surface area contributed by atoms with E-state index in [0.29, 0.717) is 0 Å². The summed E-state index contributed by atoms with van der Waals surface area (Å²) in [5.41, 5.74) is 17.1. The zero-order valence-electron chi connectivity index (χ0n) is 34.5. The van der Waals surface area contributed by atoms with Crippen LogP contribution in [-0.4, -0.2) is 0 Å². The largest absolute Gasteiger partial charge is 0.456 e. The van der Waals surface area contributed by atoms with Gasteiger partial charge in [-0.2, -0.15) is 0 Å². The molecule has 64 heavy (non-hydrogen) atoms. The predicted octanol–water partition coefficient (Wildman–Crippen LogP) is 17.5. The SMILES string of the molecule is c1ccc(-c2cc(-c3ccccc3)cc(N(c3ccccc3)c3cccc4c3oc3cc(-c5ccc6oc7cccc(-c8cccc9oc%10ccccc%10c89)c7c6c5)ccc34)c2)cc1. The van der Waals surface area contributed by atoms with Gasteiger partial charge in [-0.15, -0.1) is 0 Å². The van der Waals surface area contributed by atoms with E-state index >= 15 is 0 Å². The molecular formula is C60H37NO3. The quantitative estimate of drug-likeness (QED) is 0.161. The van der Waals surface area contributed by atoms with Gasteiger partial charge in [0, 0.05) is 43.7 Å². The predicted molar refractivity (Wildman–Crippen MR) is 265 cm³/mol. The van der Waals surface area contributed by atoms with Crippen molar-refractivity contribution in [2.24, 2.45) is 0 Å². The molecule has 0 N–H and O–H groups in total. The van der Waals surface area contributed by atoms with Crippen molar-refractivity contribution in [3.63, 3.8) is 0 Å². The van der Waals surface area contributed by atoms with Gasteiger partial charge < -0.3 is 18.2 Å². The lowest BCUT2D eigenvalue weighted by Gasteiger charge is -2.27. The van der Waals surface area contributed by atoms with Crippen molar-refractivity contribution in [2.45, 2.75) is 0 Å². The molecule has 0 spiro atoms. The minimum Gasteiger partial charge on any atom is -0.456 e. The van der Waals surface area contributed by atoms with E-state index in [0.717, 1.165) is 127 Å². The van der Waals surface area contributed by atoms with Crippen LogP contribution < -0.4 is 4.90 Å². The van der Waals surface area contributed by atoms with Crippen LogP contribution in [0.2, 0.25) is 0 Å². The van der Waals surface area contributed by atoms with E-state index < -0.39 is 0 Å². The summed E-state index contributed by atoms with van der Waals surface area (Å²) in [6, 6.07) is 79.1. The molecular weight excluding hydrogens is 783 g/mol. The number of nitrogens with zero attached hydrogens (tertiary/aromatic N) is 1. The number of benzene rings is 10. The van der Waals surface area contributed by atoms with Gasteiger partial charge in [0.05, 0.1) is 5.69 Å². The summed E-state index contributed by atoms with van der Waals surface area (Å²) in [6.45, 7) is 0. The lowest BCUT2D eigenvalue weighted by molar-refractivity contribution is 0.668. The van der Waals surface area contributed by atoms with Gasteiger partial charge in [-0.25, -0.2) is 0 Å². The highest BCUT2D eigenvalue weighted by atomic mass is 16.3. The van der Waals surface area contributed by atoms with Gasteiger partial charge in [0.2, 0.25) is 0 Å². The molecule has 0 radical (unpaired) electrons. The smallest absolute Gasteiger partial charge is 0.159 e. The number of fused-ring (bicyclic) bond motifs is 9. The Hall–Kier alpha value is -8.60. The Morgan fingerprint density at radius 3 is 1.52 bits per heavy atom. The van der Waals surface area contributed by atoms with E-state index in [4.69, 9.17) is 13.3 Å². The molecule has 0 aliphatic heterocycles. The lowest BCUT2D eigenvalue weighted by Crippen LogP contribution is -2.10. The first-order valence-electron chi connectivity index (χ1n) is 21.6. The maximum atomic E-state index is 7.02. The fourth-order valence-corrected chi connectivity index (χ4v) is 9.71. The number of furan rings is 3. The Morgan fingerprint density at radius 2 is 0.812 bits per heavy atom. The zero-order chi connectivity index (χ0) is 42.1. The van der Waals surface area contributed by atoms with Crippen LogP contribution in [0.5, 0.6) is 0 Å². The van der Waals surface area contributed by atoms with Gasteiger partial charge >= 0.3 is 0 Å². The van der Waals surface area contributed by atoms with Crippen molar-refractivity contribution in [3.8, 4) is 44.5 Å². The maximum Gasteiger partial charge on any atom is 0.159 e. The molecule has 4 nitrogen and oxygen atoms in total. The maximum absolute atomic E-state index is 7.02. The number of para-hydroxylation sites is 3. The summed E-state index contributed by atoms with van der Waals surface area (Å²) in [6.07, 6.45) is 0. The lowest BCUT2D eigenvalue weighted by atomic mass is 9.94. The fourth-order valence-electron chi connectivity index (χ4n) is 9.71. The molecule has 3 aromatic heterocycles. The average molecular weight is 820 g/mol. The van der Waals surface area contributed by atoms with Gasteiger partial charge in [0.1, 0.15) is 27.9 Å². The first-order valence-corrected chi connectivity index (χ1v) is 21.6. The Kier molecular flexibility index (Phi) is 8.18. The molecule has 4 heteroatoms. The second-order valence-electron chi connectivity index (χ2n) is 16.4. The third kappa shape index (κ3) is 5.84.